The van der Waals surface area contributed by atoms with Gasteiger partial charge in [0.05, 0.1) is 9.85 Å². The van der Waals surface area contributed by atoms with Gasteiger partial charge in [-0.25, -0.2) is 34.9 Å². The molecule has 244 valence electrons. The van der Waals surface area contributed by atoms with E-state index in [-0.39, 0.29) is 0 Å². The number of halogens is 2. The number of rotatable bonds is 7. The molecule has 0 spiro atoms. The normalized spacial score (nSPS) is 19.2. The van der Waals surface area contributed by atoms with Crippen molar-refractivity contribution in [1.29, 1.82) is 0 Å². The number of sulfonamides is 2. The van der Waals surface area contributed by atoms with Crippen molar-refractivity contribution in [2.24, 2.45) is 0 Å². The number of benzene rings is 2. The summed E-state index contributed by atoms with van der Waals surface area (Å²) in [5.41, 5.74) is -1.58. The third kappa shape index (κ3) is 8.60. The number of nitro groups is 2. The van der Waals surface area contributed by atoms with Crippen molar-refractivity contribution in [3.63, 3.8) is 0 Å². The lowest BCUT2D eigenvalue weighted by Crippen LogP contribution is -2.43. The third-order valence-electron chi connectivity index (χ3n) is 6.84. The van der Waals surface area contributed by atoms with Gasteiger partial charge in [-0.05, 0) is 25.0 Å². The smallest absolute Gasteiger partial charge is 0.312 e. The lowest BCUT2D eigenvalue weighted by atomic mass is 10.1. The van der Waals surface area contributed by atoms with Crippen molar-refractivity contribution in [1.82, 2.24) is 13.3 Å². The average Bonchev–Trinajstić information content (AvgIpc) is 2.93. The van der Waals surface area contributed by atoms with Crippen LogP contribution in [0.15, 0.2) is 58.3 Å². The van der Waals surface area contributed by atoms with Gasteiger partial charge >= 0.3 is 7.75 Å². The molecule has 0 radical (unpaired) electrons. The quantitative estimate of drug-likeness (QED) is 0.244. The third-order valence-corrected chi connectivity index (χ3v) is 11.9. The molecule has 1 fully saturated rings. The molecule has 21 heteroatoms. The minimum Gasteiger partial charge on any atom is -0.312 e. The Kier molecular flexibility index (Phi) is 11.3. The number of nitro benzene ring substituents is 2. The van der Waals surface area contributed by atoms with Gasteiger partial charge in [-0.15, -0.1) is 0 Å². The van der Waals surface area contributed by atoms with Crippen LogP contribution < -0.4 is 0 Å². The molecule has 0 aliphatic carbocycles. The van der Waals surface area contributed by atoms with E-state index >= 15 is 0 Å². The molecule has 1 aliphatic heterocycles. The standard InChI is InChI=1S/C23H30F2N5O11PS2/c24-23(25)11-5-13-27(43(38,39)21-9-3-1-7-19(21)29(31)32)17-15-26(42(35,36)37)16-18-28(14-6-12-23)44(40,41)22-10-4-2-8-20(22)30(33)34/h1-4,7-10H,5-6,11-18H2,(H2,35,36,37). The molecular weight excluding hydrogens is 655 g/mol. The van der Waals surface area contributed by atoms with E-state index in [1.807, 2.05) is 0 Å². The summed E-state index contributed by atoms with van der Waals surface area (Å²) < 4.78 is 97.6. The molecule has 1 aliphatic rings. The maximum Gasteiger partial charge on any atom is 0.403 e. The van der Waals surface area contributed by atoms with Crippen molar-refractivity contribution in [3.8, 4) is 0 Å². The van der Waals surface area contributed by atoms with Crippen molar-refractivity contribution in [2.75, 3.05) is 39.3 Å². The molecule has 1 heterocycles. The predicted octanol–water partition coefficient (Wildman–Crippen LogP) is 2.79. The van der Waals surface area contributed by atoms with Crippen LogP contribution in [0.1, 0.15) is 25.7 Å². The van der Waals surface area contributed by atoms with Gasteiger partial charge in [-0.2, -0.15) is 8.61 Å². The molecule has 0 unspecified atom stereocenters. The Bertz CT molecular complexity index is 1530. The highest BCUT2D eigenvalue weighted by Gasteiger charge is 2.37. The number of nitrogens with zero attached hydrogens (tertiary/aromatic N) is 5. The first-order valence-electron chi connectivity index (χ1n) is 13.0. The fourth-order valence-electron chi connectivity index (χ4n) is 4.61. The Hall–Kier alpha value is -2.97. The largest absolute Gasteiger partial charge is 0.403 e. The van der Waals surface area contributed by atoms with Crippen LogP contribution in [0.4, 0.5) is 20.2 Å². The fraction of sp³-hybridized carbons (Fsp3) is 0.478. The van der Waals surface area contributed by atoms with Crippen LogP contribution in [0.5, 0.6) is 0 Å². The first-order chi connectivity index (χ1) is 20.4. The van der Waals surface area contributed by atoms with E-state index in [9.17, 15) is 60.2 Å². The summed E-state index contributed by atoms with van der Waals surface area (Å²) >= 11 is 0. The predicted molar refractivity (Wildman–Crippen MR) is 151 cm³/mol. The van der Waals surface area contributed by atoms with Crippen LogP contribution in [0.2, 0.25) is 0 Å². The molecule has 2 N–H and O–H groups in total. The van der Waals surface area contributed by atoms with Crippen LogP contribution in [-0.2, 0) is 24.6 Å². The van der Waals surface area contributed by atoms with Crippen LogP contribution in [0.3, 0.4) is 0 Å². The molecule has 0 aromatic heterocycles. The van der Waals surface area contributed by atoms with E-state index in [1.54, 1.807) is 0 Å². The van der Waals surface area contributed by atoms with E-state index in [1.165, 1.54) is 24.3 Å². The monoisotopic (exact) mass is 685 g/mol. The number of para-hydroxylation sites is 2. The summed E-state index contributed by atoms with van der Waals surface area (Å²) in [6.07, 6.45) is -2.59. The van der Waals surface area contributed by atoms with E-state index < -0.39 is 130 Å². The second-order valence-electron chi connectivity index (χ2n) is 9.79. The minimum absolute atomic E-state index is 0.443. The summed E-state index contributed by atoms with van der Waals surface area (Å²) in [6, 6.07) is 8.62. The zero-order valence-electron chi connectivity index (χ0n) is 23.0. The summed E-state index contributed by atoms with van der Waals surface area (Å²) in [7, 11) is -14.7. The highest BCUT2D eigenvalue weighted by molar-refractivity contribution is 7.89. The second kappa shape index (κ2) is 14.0. The lowest BCUT2D eigenvalue weighted by molar-refractivity contribution is -0.388. The van der Waals surface area contributed by atoms with Gasteiger partial charge in [0.1, 0.15) is 0 Å². The Balaban J connectivity index is 2.01. The molecule has 3 rings (SSSR count). The zero-order chi connectivity index (χ0) is 32.9. The van der Waals surface area contributed by atoms with Gasteiger partial charge in [-0.1, -0.05) is 24.3 Å². The summed E-state index contributed by atoms with van der Waals surface area (Å²) in [4.78, 5) is 39.6. The highest BCUT2D eigenvalue weighted by Crippen LogP contribution is 2.40. The highest BCUT2D eigenvalue weighted by atomic mass is 32.2. The van der Waals surface area contributed by atoms with E-state index in [2.05, 4.69) is 0 Å². The summed E-state index contributed by atoms with van der Waals surface area (Å²) in [6.45, 7) is -3.97. The second-order valence-corrected chi connectivity index (χ2v) is 15.2. The number of hydrogen-bond acceptors (Lipinski definition) is 9. The SMILES string of the molecule is O=[N+]([O-])c1ccccc1S(=O)(=O)N1CCCC(F)(F)CCCN(S(=O)(=O)c2ccccc2[N+](=O)[O-])CCN(P(=O)(O)O)CC1. The topological polar surface area (TPSA) is 222 Å². The molecule has 0 amide bonds. The molecular formula is C23H30F2N5O11PS2. The van der Waals surface area contributed by atoms with E-state index in [4.69, 9.17) is 0 Å². The maximum atomic E-state index is 14.8. The van der Waals surface area contributed by atoms with Gasteiger partial charge in [-0.3, -0.25) is 20.2 Å². The minimum atomic E-state index is -5.18. The molecule has 2 aromatic carbocycles. The molecule has 16 nitrogen and oxygen atoms in total. The van der Waals surface area contributed by atoms with Gasteiger partial charge in [0.15, 0.2) is 9.79 Å². The Morgan fingerprint density at radius 2 is 1.07 bits per heavy atom. The van der Waals surface area contributed by atoms with Crippen LogP contribution in [0, 0.1) is 20.2 Å². The van der Waals surface area contributed by atoms with Crippen LogP contribution in [0.25, 0.3) is 0 Å². The Labute approximate surface area is 251 Å². The molecule has 44 heavy (non-hydrogen) atoms. The fourth-order valence-corrected chi connectivity index (χ4v) is 8.57. The number of hydrogen-bond donors (Lipinski definition) is 2. The van der Waals surface area contributed by atoms with Gasteiger partial charge in [0.25, 0.3) is 11.4 Å². The van der Waals surface area contributed by atoms with Crippen molar-refractivity contribution in [2.45, 2.75) is 41.4 Å². The number of alkyl halides is 2. The van der Waals surface area contributed by atoms with Gasteiger partial charge in [0.2, 0.25) is 26.0 Å². The maximum absolute atomic E-state index is 14.8. The zero-order valence-corrected chi connectivity index (χ0v) is 25.5. The Morgan fingerprint density at radius 1 is 0.705 bits per heavy atom. The lowest BCUT2D eigenvalue weighted by Gasteiger charge is -2.31. The summed E-state index contributed by atoms with van der Waals surface area (Å²) in [5.74, 6) is -3.38. The van der Waals surface area contributed by atoms with Crippen LogP contribution >= 0.6 is 7.75 Å². The van der Waals surface area contributed by atoms with Crippen LogP contribution in [-0.4, -0.2) is 94.9 Å². The van der Waals surface area contributed by atoms with E-state index in [0.29, 0.717) is 13.3 Å². The van der Waals surface area contributed by atoms with Crippen molar-refractivity contribution >= 4 is 39.2 Å². The van der Waals surface area contributed by atoms with E-state index in [0.717, 1.165) is 24.3 Å². The van der Waals surface area contributed by atoms with Crippen molar-refractivity contribution in [3.05, 3.63) is 68.8 Å². The van der Waals surface area contributed by atoms with Crippen molar-refractivity contribution < 1.29 is 49.8 Å². The molecule has 1 saturated heterocycles. The first kappa shape index (κ1) is 35.5. The molecule has 0 bridgehead atoms. The molecule has 2 aromatic rings. The van der Waals surface area contributed by atoms with Gasteiger partial charge in [0, 0.05) is 64.2 Å². The molecule has 0 atom stereocenters. The van der Waals surface area contributed by atoms with Gasteiger partial charge < -0.3 is 9.79 Å². The Morgan fingerprint density at radius 3 is 1.41 bits per heavy atom. The first-order valence-corrected chi connectivity index (χ1v) is 17.5. The summed E-state index contributed by atoms with van der Waals surface area (Å²) in [5, 5.41) is 23.0. The molecule has 0 saturated carbocycles. The average molecular weight is 686 g/mol.